The molecule has 1 rings (SSSR count). The van der Waals surface area contributed by atoms with Gasteiger partial charge in [-0.25, -0.2) is 0 Å². The summed E-state index contributed by atoms with van der Waals surface area (Å²) in [6, 6.07) is 0.170. The molecule has 1 aliphatic rings. The summed E-state index contributed by atoms with van der Waals surface area (Å²) >= 11 is 0. The number of nitrogens with two attached hydrogens (primary N) is 1. The number of carbonyl (C=O) groups is 1. The summed E-state index contributed by atoms with van der Waals surface area (Å²) in [5.41, 5.74) is 5.52. The summed E-state index contributed by atoms with van der Waals surface area (Å²) in [6.07, 6.45) is 3.82. The van der Waals surface area contributed by atoms with E-state index in [1.807, 2.05) is 0 Å². The zero-order valence-corrected chi connectivity index (χ0v) is 11.5. The van der Waals surface area contributed by atoms with Gasteiger partial charge < -0.3 is 16.0 Å². The van der Waals surface area contributed by atoms with Crippen molar-refractivity contribution in [3.05, 3.63) is 0 Å². The third kappa shape index (κ3) is 3.96. The molecule has 0 aromatic carbocycles. The topological polar surface area (TPSA) is 58.4 Å². The van der Waals surface area contributed by atoms with Crippen LogP contribution < -0.4 is 11.1 Å². The smallest absolute Gasteiger partial charge is 0.240 e. The summed E-state index contributed by atoms with van der Waals surface area (Å²) in [6.45, 7) is 9.26. The molecular formula is C13H27N3O. The molecule has 0 spiro atoms. The predicted octanol–water partition coefficient (Wildman–Crippen LogP) is 1.10. The summed E-state index contributed by atoms with van der Waals surface area (Å²) in [7, 11) is 0. The number of rotatable bonds is 6. The van der Waals surface area contributed by atoms with Crippen molar-refractivity contribution in [1.29, 1.82) is 0 Å². The van der Waals surface area contributed by atoms with Crippen molar-refractivity contribution < 1.29 is 4.79 Å². The molecule has 3 N–H and O–H groups in total. The van der Waals surface area contributed by atoms with E-state index in [-0.39, 0.29) is 11.9 Å². The molecule has 1 unspecified atom stereocenters. The summed E-state index contributed by atoms with van der Waals surface area (Å²) in [5, 5.41) is 3.06. The Kier molecular flexibility index (Phi) is 5.40. The lowest BCUT2D eigenvalue weighted by Crippen LogP contribution is -2.55. The maximum absolute atomic E-state index is 12.1. The minimum absolute atomic E-state index is 0.0367. The highest BCUT2D eigenvalue weighted by atomic mass is 16.2. The second-order valence-electron chi connectivity index (χ2n) is 5.22. The van der Waals surface area contributed by atoms with Crippen molar-refractivity contribution >= 4 is 5.91 Å². The van der Waals surface area contributed by atoms with E-state index in [2.05, 4.69) is 31.0 Å². The minimum Gasteiger partial charge on any atom is -0.351 e. The maximum atomic E-state index is 12.1. The van der Waals surface area contributed by atoms with E-state index >= 15 is 0 Å². The van der Waals surface area contributed by atoms with E-state index in [1.165, 1.54) is 0 Å². The van der Waals surface area contributed by atoms with E-state index in [9.17, 15) is 4.79 Å². The van der Waals surface area contributed by atoms with E-state index in [1.54, 1.807) is 0 Å². The number of nitrogens with one attached hydrogen (secondary N) is 1. The fourth-order valence-corrected chi connectivity index (χ4v) is 2.52. The average molecular weight is 241 g/mol. The van der Waals surface area contributed by atoms with Crippen LogP contribution in [0.15, 0.2) is 0 Å². The molecule has 1 atom stereocenters. The molecule has 0 aromatic heterocycles. The predicted molar refractivity (Wildman–Crippen MR) is 70.8 cm³/mol. The van der Waals surface area contributed by atoms with Crippen molar-refractivity contribution in [2.75, 3.05) is 19.6 Å². The first-order chi connectivity index (χ1) is 8.01. The molecule has 4 heteroatoms. The molecule has 1 amide bonds. The van der Waals surface area contributed by atoms with Crippen LogP contribution in [0.3, 0.4) is 0 Å². The van der Waals surface area contributed by atoms with Gasteiger partial charge in [-0.2, -0.15) is 0 Å². The van der Waals surface area contributed by atoms with Crippen molar-refractivity contribution in [2.24, 2.45) is 5.73 Å². The van der Waals surface area contributed by atoms with Crippen molar-refractivity contribution in [2.45, 2.75) is 58.0 Å². The zero-order valence-electron chi connectivity index (χ0n) is 11.5. The van der Waals surface area contributed by atoms with Crippen LogP contribution in [0.2, 0.25) is 0 Å². The van der Waals surface area contributed by atoms with Gasteiger partial charge in [0.15, 0.2) is 0 Å². The average Bonchev–Trinajstić information content (AvgIpc) is 2.74. The van der Waals surface area contributed by atoms with E-state index in [0.29, 0.717) is 0 Å². The Balaban J connectivity index is 2.40. The van der Waals surface area contributed by atoms with E-state index in [4.69, 9.17) is 5.73 Å². The van der Waals surface area contributed by atoms with Gasteiger partial charge in [0.25, 0.3) is 0 Å². The van der Waals surface area contributed by atoms with Gasteiger partial charge >= 0.3 is 0 Å². The van der Waals surface area contributed by atoms with Crippen LogP contribution in [-0.4, -0.2) is 42.0 Å². The molecular weight excluding hydrogens is 214 g/mol. The molecule has 4 nitrogen and oxygen atoms in total. The summed E-state index contributed by atoms with van der Waals surface area (Å²) in [5.74, 6) is 0.0367. The van der Waals surface area contributed by atoms with Crippen molar-refractivity contribution in [3.8, 4) is 0 Å². The number of nitrogens with zero attached hydrogens (tertiary/aromatic N) is 1. The maximum Gasteiger partial charge on any atom is 0.240 e. The standard InChI is InChI=1S/C13H27N3O/c1-4-16(5-2)10-11(3)15-12(17)13(14)8-6-7-9-13/h11H,4-10,14H2,1-3H3,(H,15,17). The van der Waals surface area contributed by atoms with Gasteiger partial charge in [-0.15, -0.1) is 0 Å². The second kappa shape index (κ2) is 6.36. The highest BCUT2D eigenvalue weighted by Crippen LogP contribution is 2.27. The van der Waals surface area contributed by atoms with Gasteiger partial charge in [0, 0.05) is 12.6 Å². The molecule has 1 saturated carbocycles. The molecule has 1 fully saturated rings. The van der Waals surface area contributed by atoms with Crippen molar-refractivity contribution in [1.82, 2.24) is 10.2 Å². The first-order valence-electron chi connectivity index (χ1n) is 6.84. The van der Waals surface area contributed by atoms with Gasteiger partial charge in [0.1, 0.15) is 0 Å². The van der Waals surface area contributed by atoms with Crippen LogP contribution in [0.25, 0.3) is 0 Å². The Labute approximate surface area is 105 Å². The Morgan fingerprint density at radius 3 is 2.35 bits per heavy atom. The Hall–Kier alpha value is -0.610. The highest BCUT2D eigenvalue weighted by Gasteiger charge is 2.37. The van der Waals surface area contributed by atoms with Gasteiger partial charge in [-0.3, -0.25) is 4.79 Å². The fourth-order valence-electron chi connectivity index (χ4n) is 2.52. The molecule has 0 heterocycles. The van der Waals surface area contributed by atoms with E-state index in [0.717, 1.165) is 45.3 Å². The van der Waals surface area contributed by atoms with Gasteiger partial charge in [0.2, 0.25) is 5.91 Å². The highest BCUT2D eigenvalue weighted by molar-refractivity contribution is 5.86. The first kappa shape index (κ1) is 14.5. The largest absolute Gasteiger partial charge is 0.351 e. The minimum atomic E-state index is -0.600. The van der Waals surface area contributed by atoms with Crippen LogP contribution >= 0.6 is 0 Å². The molecule has 17 heavy (non-hydrogen) atoms. The Morgan fingerprint density at radius 1 is 1.35 bits per heavy atom. The molecule has 0 aromatic rings. The number of hydrogen-bond acceptors (Lipinski definition) is 3. The van der Waals surface area contributed by atoms with Gasteiger partial charge in [-0.05, 0) is 32.9 Å². The monoisotopic (exact) mass is 241 g/mol. The molecule has 0 radical (unpaired) electrons. The SMILES string of the molecule is CCN(CC)CC(C)NC(=O)C1(N)CCCC1. The van der Waals surface area contributed by atoms with Gasteiger partial charge in [0.05, 0.1) is 5.54 Å². The lowest BCUT2D eigenvalue weighted by molar-refractivity contribution is -0.126. The summed E-state index contributed by atoms with van der Waals surface area (Å²) < 4.78 is 0. The molecule has 0 aliphatic heterocycles. The second-order valence-corrected chi connectivity index (χ2v) is 5.22. The van der Waals surface area contributed by atoms with Crippen LogP contribution in [0, 0.1) is 0 Å². The third-order valence-electron chi connectivity index (χ3n) is 3.75. The van der Waals surface area contributed by atoms with Gasteiger partial charge in [-0.1, -0.05) is 26.7 Å². The quantitative estimate of drug-likeness (QED) is 0.732. The fraction of sp³-hybridized carbons (Fsp3) is 0.923. The number of carbonyl (C=O) groups excluding carboxylic acids is 1. The lowest BCUT2D eigenvalue weighted by Gasteiger charge is -2.28. The van der Waals surface area contributed by atoms with Crippen LogP contribution in [-0.2, 0) is 4.79 Å². The molecule has 1 aliphatic carbocycles. The Morgan fingerprint density at radius 2 is 1.88 bits per heavy atom. The van der Waals surface area contributed by atoms with E-state index < -0.39 is 5.54 Å². The zero-order chi connectivity index (χ0) is 12.9. The lowest BCUT2D eigenvalue weighted by atomic mass is 9.98. The number of likely N-dealkylation sites (N-methyl/N-ethyl adjacent to an activating group) is 1. The third-order valence-corrected chi connectivity index (χ3v) is 3.75. The van der Waals surface area contributed by atoms with Crippen LogP contribution in [0.1, 0.15) is 46.5 Å². The molecule has 0 bridgehead atoms. The van der Waals surface area contributed by atoms with Crippen LogP contribution in [0.4, 0.5) is 0 Å². The molecule has 0 saturated heterocycles. The first-order valence-corrected chi connectivity index (χ1v) is 6.84. The number of amides is 1. The summed E-state index contributed by atoms with van der Waals surface area (Å²) in [4.78, 5) is 14.4. The number of hydrogen-bond donors (Lipinski definition) is 2. The van der Waals surface area contributed by atoms with Crippen molar-refractivity contribution in [3.63, 3.8) is 0 Å². The normalized spacial score (nSPS) is 20.5. The van der Waals surface area contributed by atoms with Crippen LogP contribution in [0.5, 0.6) is 0 Å². The molecule has 100 valence electrons. The Bertz CT molecular complexity index is 245.